The highest BCUT2D eigenvalue weighted by Gasteiger charge is 2.25. The van der Waals surface area contributed by atoms with E-state index in [4.69, 9.17) is 5.73 Å². The summed E-state index contributed by atoms with van der Waals surface area (Å²) in [5.41, 5.74) is 4.18. The van der Waals surface area contributed by atoms with Crippen molar-refractivity contribution in [3.05, 3.63) is 58.7 Å². The first kappa shape index (κ1) is 15.6. The van der Waals surface area contributed by atoms with Crippen LogP contribution in [0.2, 0.25) is 0 Å². The lowest BCUT2D eigenvalue weighted by Crippen LogP contribution is -2.06. The summed E-state index contributed by atoms with van der Waals surface area (Å²) in [6.45, 7) is 0. The second-order valence-corrected chi connectivity index (χ2v) is 5.07. The molecule has 21 heavy (non-hydrogen) atoms. The third kappa shape index (κ3) is 2.94. The predicted molar refractivity (Wildman–Crippen MR) is 66.6 cm³/mol. The molecule has 1 nitrogen and oxygen atoms in total. The summed E-state index contributed by atoms with van der Waals surface area (Å²) in [6, 6.07) is 3.61. The third-order valence-corrected chi connectivity index (χ3v) is 3.68. The smallest absolute Gasteiger partial charge is 0.200 e. The zero-order chi connectivity index (χ0) is 15.7. The molecule has 8 heteroatoms. The van der Waals surface area contributed by atoms with Crippen molar-refractivity contribution in [2.75, 3.05) is 5.73 Å². The normalized spacial score (nSPS) is 11.0. The minimum absolute atomic E-state index is 0.115. The molecule has 0 amide bonds. The van der Waals surface area contributed by atoms with Crippen LogP contribution in [0, 0.1) is 34.9 Å². The van der Waals surface area contributed by atoms with Gasteiger partial charge in [-0.05, 0) is 18.2 Å². The fourth-order valence-corrected chi connectivity index (χ4v) is 2.45. The molecule has 0 aliphatic rings. The molecule has 2 aromatic carbocycles. The highest BCUT2D eigenvalue weighted by Crippen LogP contribution is 2.30. The topological polar surface area (TPSA) is 26.0 Å². The second kappa shape index (κ2) is 5.88. The van der Waals surface area contributed by atoms with Gasteiger partial charge in [-0.25, -0.2) is 26.3 Å². The van der Waals surface area contributed by atoms with E-state index in [0.29, 0.717) is 11.8 Å². The maximum atomic E-state index is 13.4. The summed E-state index contributed by atoms with van der Waals surface area (Å²) in [6.07, 6.45) is 0. The fourth-order valence-electron chi connectivity index (χ4n) is 1.53. The molecule has 0 bridgehead atoms. The lowest BCUT2D eigenvalue weighted by molar-refractivity contribution is 0.372. The van der Waals surface area contributed by atoms with Gasteiger partial charge in [0.1, 0.15) is 5.82 Å². The van der Waals surface area contributed by atoms with Gasteiger partial charge in [-0.1, -0.05) is 0 Å². The van der Waals surface area contributed by atoms with Crippen molar-refractivity contribution in [2.24, 2.45) is 0 Å². The highest BCUT2D eigenvalue weighted by atomic mass is 32.2. The molecule has 0 aliphatic carbocycles. The number of anilines is 1. The Kier molecular flexibility index (Phi) is 4.36. The van der Waals surface area contributed by atoms with Crippen LogP contribution in [0.1, 0.15) is 5.56 Å². The van der Waals surface area contributed by atoms with Crippen molar-refractivity contribution in [1.82, 2.24) is 0 Å². The highest BCUT2D eigenvalue weighted by molar-refractivity contribution is 7.98. The van der Waals surface area contributed by atoms with Crippen LogP contribution in [-0.2, 0) is 5.75 Å². The van der Waals surface area contributed by atoms with Gasteiger partial charge in [0, 0.05) is 16.2 Å². The lowest BCUT2D eigenvalue weighted by Gasteiger charge is -2.08. The Morgan fingerprint density at radius 3 is 1.86 bits per heavy atom. The Hall–Kier alpha value is -1.83. The van der Waals surface area contributed by atoms with Gasteiger partial charge in [-0.2, -0.15) is 0 Å². The van der Waals surface area contributed by atoms with Gasteiger partial charge >= 0.3 is 0 Å². The Balaban J connectivity index is 2.30. The minimum atomic E-state index is -2.21. The van der Waals surface area contributed by atoms with Crippen LogP contribution < -0.4 is 5.73 Å². The molecule has 112 valence electrons. The number of thioether (sulfide) groups is 1. The van der Waals surface area contributed by atoms with E-state index in [-0.39, 0.29) is 10.6 Å². The maximum absolute atomic E-state index is 13.4. The van der Waals surface area contributed by atoms with Crippen LogP contribution in [0.3, 0.4) is 0 Å². The molecule has 2 rings (SSSR count). The maximum Gasteiger partial charge on any atom is 0.200 e. The summed E-state index contributed by atoms with van der Waals surface area (Å²) in [7, 11) is 0. The number of nitrogens with two attached hydrogens (primary N) is 1. The van der Waals surface area contributed by atoms with Gasteiger partial charge in [-0.15, -0.1) is 11.8 Å². The van der Waals surface area contributed by atoms with E-state index in [2.05, 4.69) is 0 Å². The van der Waals surface area contributed by atoms with Gasteiger partial charge < -0.3 is 5.73 Å². The standard InChI is InChI=1S/C13H7F6NS/c14-7-3-5(1-2-8(7)20)21-4-6-9(15)11(17)13(19)12(18)10(6)16/h1-3H,4,20H2. The summed E-state index contributed by atoms with van der Waals surface area (Å²) in [5.74, 6) is -11.3. The summed E-state index contributed by atoms with van der Waals surface area (Å²) < 4.78 is 78.9. The average molecular weight is 323 g/mol. The van der Waals surface area contributed by atoms with Crippen LogP contribution in [0.15, 0.2) is 23.1 Å². The molecule has 2 N–H and O–H groups in total. The van der Waals surface area contributed by atoms with Crippen molar-refractivity contribution < 1.29 is 26.3 Å². The molecule has 0 saturated carbocycles. The molecule has 2 aromatic rings. The monoisotopic (exact) mass is 323 g/mol. The second-order valence-electron chi connectivity index (χ2n) is 4.02. The zero-order valence-corrected chi connectivity index (χ0v) is 11.0. The molecular formula is C13H7F6NS. The number of nitrogen functional groups attached to an aromatic ring is 1. The van der Waals surface area contributed by atoms with Crippen LogP contribution in [-0.4, -0.2) is 0 Å². The number of hydrogen-bond acceptors (Lipinski definition) is 2. The number of hydrogen-bond donors (Lipinski definition) is 1. The van der Waals surface area contributed by atoms with Crippen molar-refractivity contribution in [3.63, 3.8) is 0 Å². The Labute approximate surface area is 119 Å². The minimum Gasteiger partial charge on any atom is -0.396 e. The largest absolute Gasteiger partial charge is 0.396 e. The van der Waals surface area contributed by atoms with E-state index in [1.54, 1.807) is 0 Å². The molecule has 0 spiro atoms. The molecular weight excluding hydrogens is 316 g/mol. The fraction of sp³-hybridized carbons (Fsp3) is 0.0769. The van der Waals surface area contributed by atoms with Gasteiger partial charge in [0.2, 0.25) is 5.82 Å². The summed E-state index contributed by atoms with van der Waals surface area (Å²) >= 11 is 0.717. The van der Waals surface area contributed by atoms with E-state index in [1.807, 2.05) is 0 Å². The summed E-state index contributed by atoms with van der Waals surface area (Å²) in [5, 5.41) is 0. The van der Waals surface area contributed by atoms with Crippen molar-refractivity contribution in [1.29, 1.82) is 0 Å². The van der Waals surface area contributed by atoms with E-state index in [0.717, 1.165) is 6.07 Å². The van der Waals surface area contributed by atoms with Crippen molar-refractivity contribution >= 4 is 17.4 Å². The summed E-state index contributed by atoms with van der Waals surface area (Å²) in [4.78, 5) is 0.241. The first-order valence-electron chi connectivity index (χ1n) is 5.51. The molecule has 0 heterocycles. The molecule has 0 saturated heterocycles. The van der Waals surface area contributed by atoms with Crippen LogP contribution in [0.4, 0.5) is 32.0 Å². The molecule has 0 fully saturated rings. The number of rotatable bonds is 3. The first-order chi connectivity index (χ1) is 9.82. The van der Waals surface area contributed by atoms with Crippen molar-refractivity contribution in [3.8, 4) is 0 Å². The molecule has 0 atom stereocenters. The van der Waals surface area contributed by atoms with E-state index in [9.17, 15) is 26.3 Å². The zero-order valence-electron chi connectivity index (χ0n) is 10.2. The molecule has 0 aliphatic heterocycles. The van der Waals surface area contributed by atoms with E-state index >= 15 is 0 Å². The van der Waals surface area contributed by atoms with Gasteiger partial charge in [0.05, 0.1) is 5.69 Å². The number of halogens is 6. The van der Waals surface area contributed by atoms with Crippen LogP contribution in [0.5, 0.6) is 0 Å². The van der Waals surface area contributed by atoms with Crippen molar-refractivity contribution in [2.45, 2.75) is 10.6 Å². The predicted octanol–water partition coefficient (Wildman–Crippen LogP) is 4.40. The third-order valence-electron chi connectivity index (χ3n) is 2.66. The van der Waals surface area contributed by atoms with Crippen LogP contribution in [0.25, 0.3) is 0 Å². The first-order valence-corrected chi connectivity index (χ1v) is 6.49. The van der Waals surface area contributed by atoms with Gasteiger partial charge in [0.25, 0.3) is 0 Å². The lowest BCUT2D eigenvalue weighted by atomic mass is 10.2. The van der Waals surface area contributed by atoms with E-state index < -0.39 is 46.2 Å². The van der Waals surface area contributed by atoms with Gasteiger partial charge in [0.15, 0.2) is 23.3 Å². The number of benzene rings is 2. The average Bonchev–Trinajstić information content (AvgIpc) is 2.46. The Morgan fingerprint density at radius 1 is 0.810 bits per heavy atom. The molecule has 0 unspecified atom stereocenters. The van der Waals surface area contributed by atoms with E-state index in [1.165, 1.54) is 12.1 Å². The quantitative estimate of drug-likeness (QED) is 0.298. The van der Waals surface area contributed by atoms with Gasteiger partial charge in [-0.3, -0.25) is 0 Å². The molecule has 0 radical (unpaired) electrons. The Bertz CT molecular complexity index is 675. The SMILES string of the molecule is Nc1ccc(SCc2c(F)c(F)c(F)c(F)c2F)cc1F. The Morgan fingerprint density at radius 2 is 1.33 bits per heavy atom. The molecule has 0 aromatic heterocycles. The van der Waals surface area contributed by atoms with Crippen LogP contribution >= 0.6 is 11.8 Å².